The fourth-order valence-electron chi connectivity index (χ4n) is 1.56. The number of ether oxygens (including phenoxy) is 1. The van der Waals surface area contributed by atoms with Crippen molar-refractivity contribution in [1.82, 2.24) is 10.2 Å². The molecular weight excluding hydrogens is 244 g/mol. The molecule has 100 valence electrons. The minimum absolute atomic E-state index is 0.0676. The van der Waals surface area contributed by atoms with E-state index in [9.17, 15) is 4.79 Å². The number of H-pyrrole nitrogens is 1. The Balaban J connectivity index is 2.08. The predicted molar refractivity (Wildman–Crippen MR) is 74.4 cm³/mol. The van der Waals surface area contributed by atoms with Gasteiger partial charge in [0, 0.05) is 19.8 Å². The summed E-state index contributed by atoms with van der Waals surface area (Å²) in [6, 6.07) is 9.23. The topological polar surface area (TPSA) is 84.2 Å². The zero-order chi connectivity index (χ0) is 13.8. The summed E-state index contributed by atoms with van der Waals surface area (Å²) in [5.41, 5.74) is 7.07. The minimum atomic E-state index is -0.351. The molecule has 0 radical (unpaired) electrons. The van der Waals surface area contributed by atoms with Gasteiger partial charge in [-0.2, -0.15) is 5.10 Å². The van der Waals surface area contributed by atoms with Crippen molar-refractivity contribution >= 4 is 11.5 Å². The van der Waals surface area contributed by atoms with Crippen molar-refractivity contribution in [2.24, 2.45) is 0 Å². The second-order valence-electron chi connectivity index (χ2n) is 4.33. The molecule has 2 rings (SSSR count). The Labute approximate surface area is 110 Å². The van der Waals surface area contributed by atoms with Crippen LogP contribution in [0.5, 0.6) is 5.88 Å². The molecule has 2 aromatic rings. The van der Waals surface area contributed by atoms with Crippen molar-refractivity contribution in [3.8, 4) is 5.88 Å². The van der Waals surface area contributed by atoms with E-state index in [0.717, 1.165) is 11.3 Å². The van der Waals surface area contributed by atoms with Gasteiger partial charge in [-0.15, -0.1) is 0 Å². The highest BCUT2D eigenvalue weighted by Gasteiger charge is 2.02. The van der Waals surface area contributed by atoms with E-state index in [-0.39, 0.29) is 11.2 Å². The molecule has 1 aromatic heterocycles. The van der Waals surface area contributed by atoms with Crippen LogP contribution in [-0.2, 0) is 6.61 Å². The van der Waals surface area contributed by atoms with Gasteiger partial charge in [0.2, 0.25) is 11.3 Å². The van der Waals surface area contributed by atoms with E-state index in [0.29, 0.717) is 12.5 Å². The van der Waals surface area contributed by atoms with E-state index in [1.807, 2.05) is 43.3 Å². The van der Waals surface area contributed by atoms with Crippen LogP contribution in [0.15, 0.2) is 35.1 Å². The lowest BCUT2D eigenvalue weighted by Gasteiger charge is -2.13. The smallest absolute Gasteiger partial charge is 0.227 e. The molecule has 6 nitrogen and oxygen atoms in total. The number of benzene rings is 1. The lowest BCUT2D eigenvalue weighted by Crippen LogP contribution is -2.12. The first kappa shape index (κ1) is 12.9. The maximum Gasteiger partial charge on any atom is 0.227 e. The maximum atomic E-state index is 11.3. The third-order valence-electron chi connectivity index (χ3n) is 2.62. The number of nitrogens with one attached hydrogen (secondary N) is 1. The molecule has 19 heavy (non-hydrogen) atoms. The number of rotatable bonds is 4. The maximum absolute atomic E-state index is 11.3. The highest BCUT2D eigenvalue weighted by Crippen LogP contribution is 2.14. The number of anilines is 2. The van der Waals surface area contributed by atoms with Crippen LogP contribution < -0.4 is 20.8 Å². The fraction of sp³-hybridized carbons (Fsp3) is 0.231. The highest BCUT2D eigenvalue weighted by molar-refractivity contribution is 5.47. The Bertz CT molecular complexity index is 622. The van der Waals surface area contributed by atoms with Gasteiger partial charge in [-0.3, -0.25) is 4.79 Å². The van der Waals surface area contributed by atoms with Gasteiger partial charge in [0.1, 0.15) is 6.61 Å². The first-order valence-electron chi connectivity index (χ1n) is 5.80. The number of aromatic amines is 1. The Morgan fingerprint density at radius 3 is 2.84 bits per heavy atom. The summed E-state index contributed by atoms with van der Waals surface area (Å²) in [4.78, 5) is 13.3. The first-order valence-corrected chi connectivity index (χ1v) is 5.80. The molecule has 0 aliphatic carbocycles. The van der Waals surface area contributed by atoms with Crippen molar-refractivity contribution in [3.05, 3.63) is 46.1 Å². The van der Waals surface area contributed by atoms with Gasteiger partial charge in [-0.25, -0.2) is 5.10 Å². The van der Waals surface area contributed by atoms with E-state index >= 15 is 0 Å². The lowest BCUT2D eigenvalue weighted by atomic mass is 10.2. The molecule has 0 atom stereocenters. The van der Waals surface area contributed by atoms with Gasteiger partial charge in [0.25, 0.3) is 0 Å². The Morgan fingerprint density at radius 2 is 2.16 bits per heavy atom. The molecule has 1 aromatic carbocycles. The molecule has 0 bridgehead atoms. The van der Waals surface area contributed by atoms with E-state index < -0.39 is 0 Å². The molecule has 6 heteroatoms. The molecule has 0 aliphatic rings. The molecule has 3 N–H and O–H groups in total. The van der Waals surface area contributed by atoms with Crippen LogP contribution in [-0.4, -0.2) is 24.3 Å². The molecule has 0 saturated carbocycles. The fourth-order valence-corrected chi connectivity index (χ4v) is 1.56. The number of nitrogens with zero attached hydrogens (tertiary/aromatic N) is 2. The molecule has 1 heterocycles. The Hall–Kier alpha value is -2.50. The monoisotopic (exact) mass is 260 g/mol. The summed E-state index contributed by atoms with van der Waals surface area (Å²) >= 11 is 0. The third kappa shape index (κ3) is 3.25. The van der Waals surface area contributed by atoms with Gasteiger partial charge in [-0.05, 0) is 17.7 Å². The summed E-state index contributed by atoms with van der Waals surface area (Å²) in [7, 11) is 3.95. The Morgan fingerprint density at radius 1 is 1.37 bits per heavy atom. The van der Waals surface area contributed by atoms with Gasteiger partial charge >= 0.3 is 0 Å². The SMILES string of the molecule is CN(C)c1cccc(COc2cc(=O)c(N)n[nH]2)c1. The van der Waals surface area contributed by atoms with Crippen LogP contribution in [0.3, 0.4) is 0 Å². The summed E-state index contributed by atoms with van der Waals surface area (Å²) in [6.07, 6.45) is 0. The van der Waals surface area contributed by atoms with Crippen LogP contribution in [0.4, 0.5) is 11.5 Å². The van der Waals surface area contributed by atoms with Gasteiger partial charge in [-0.1, -0.05) is 12.1 Å². The quantitative estimate of drug-likeness (QED) is 0.856. The van der Waals surface area contributed by atoms with E-state index in [1.54, 1.807) is 0 Å². The number of aromatic nitrogens is 2. The van der Waals surface area contributed by atoms with Crippen molar-refractivity contribution < 1.29 is 4.74 Å². The summed E-state index contributed by atoms with van der Waals surface area (Å²) in [5, 5.41) is 6.22. The summed E-state index contributed by atoms with van der Waals surface area (Å²) in [5.74, 6) is 0.233. The number of nitrogens with two attached hydrogens (primary N) is 1. The molecule has 0 unspecified atom stereocenters. The molecule has 0 amide bonds. The van der Waals surface area contributed by atoms with Gasteiger partial charge < -0.3 is 15.4 Å². The number of hydrogen-bond acceptors (Lipinski definition) is 5. The minimum Gasteiger partial charge on any atom is -0.473 e. The van der Waals surface area contributed by atoms with Crippen LogP contribution in [0.25, 0.3) is 0 Å². The first-order chi connectivity index (χ1) is 9.06. The van der Waals surface area contributed by atoms with Crippen LogP contribution in [0.2, 0.25) is 0 Å². The number of hydrogen-bond donors (Lipinski definition) is 2. The van der Waals surface area contributed by atoms with Crippen LogP contribution in [0, 0.1) is 0 Å². The molecule has 0 spiro atoms. The predicted octanol–water partition coefficient (Wildman–Crippen LogP) is 0.997. The normalized spacial score (nSPS) is 10.2. The van der Waals surface area contributed by atoms with Crippen molar-refractivity contribution in [2.45, 2.75) is 6.61 Å². The highest BCUT2D eigenvalue weighted by atomic mass is 16.5. The van der Waals surface area contributed by atoms with E-state index in [4.69, 9.17) is 10.5 Å². The summed E-state index contributed by atoms with van der Waals surface area (Å²) < 4.78 is 5.47. The van der Waals surface area contributed by atoms with Crippen molar-refractivity contribution in [2.75, 3.05) is 24.7 Å². The molecular formula is C13H16N4O2. The van der Waals surface area contributed by atoms with E-state index in [2.05, 4.69) is 10.2 Å². The summed E-state index contributed by atoms with van der Waals surface area (Å²) in [6.45, 7) is 0.350. The van der Waals surface area contributed by atoms with Crippen LogP contribution in [0.1, 0.15) is 5.56 Å². The second kappa shape index (κ2) is 5.43. The van der Waals surface area contributed by atoms with Gasteiger partial charge in [0.15, 0.2) is 5.82 Å². The lowest BCUT2D eigenvalue weighted by molar-refractivity contribution is 0.290. The van der Waals surface area contributed by atoms with Crippen LogP contribution >= 0.6 is 0 Å². The zero-order valence-corrected chi connectivity index (χ0v) is 10.9. The van der Waals surface area contributed by atoms with Crippen molar-refractivity contribution in [1.29, 1.82) is 0 Å². The van der Waals surface area contributed by atoms with Crippen molar-refractivity contribution in [3.63, 3.8) is 0 Å². The molecule has 0 fully saturated rings. The zero-order valence-electron chi connectivity index (χ0n) is 10.9. The molecule has 0 aliphatic heterocycles. The van der Waals surface area contributed by atoms with Gasteiger partial charge in [0.05, 0.1) is 6.07 Å². The number of nitrogen functional groups attached to an aromatic ring is 1. The second-order valence-corrected chi connectivity index (χ2v) is 4.33. The molecule has 0 saturated heterocycles. The average Bonchev–Trinajstić information content (AvgIpc) is 2.40. The largest absolute Gasteiger partial charge is 0.473 e. The van der Waals surface area contributed by atoms with E-state index in [1.165, 1.54) is 6.07 Å². The average molecular weight is 260 g/mol. The third-order valence-corrected chi connectivity index (χ3v) is 2.62. The Kier molecular flexibility index (Phi) is 3.70. The standard InChI is InChI=1S/C13H16N4O2/c1-17(2)10-5-3-4-9(6-10)8-19-12-7-11(18)13(14)16-15-12/h3-7H,8H2,1-2H3,(H2,14,16)(H,15,18).